The molecule has 2 heterocycles. The van der Waals surface area contributed by atoms with Crippen molar-refractivity contribution in [2.75, 3.05) is 5.32 Å². The van der Waals surface area contributed by atoms with Crippen molar-refractivity contribution in [3.63, 3.8) is 0 Å². The molecule has 5 rings (SSSR count). The van der Waals surface area contributed by atoms with Gasteiger partial charge in [0.15, 0.2) is 5.65 Å². The van der Waals surface area contributed by atoms with Crippen LogP contribution in [0.2, 0.25) is 0 Å². The van der Waals surface area contributed by atoms with Crippen LogP contribution in [0.3, 0.4) is 0 Å². The molecule has 4 nitrogen and oxygen atoms in total. The second-order valence-electron chi connectivity index (χ2n) is 8.61. The molecule has 4 heteroatoms. The third-order valence-corrected chi connectivity index (χ3v) is 5.09. The van der Waals surface area contributed by atoms with Crippen LogP contribution in [0.5, 0.6) is 0 Å². The van der Waals surface area contributed by atoms with E-state index in [1.165, 1.54) is 10.8 Å². The molecule has 0 aliphatic heterocycles. The van der Waals surface area contributed by atoms with E-state index in [1.807, 2.05) is 24.4 Å². The molecule has 0 amide bonds. The topological polar surface area (TPSA) is 42.2 Å². The number of nitrogens with one attached hydrogen (secondary N) is 1. The minimum atomic E-state index is -0.113. The fourth-order valence-corrected chi connectivity index (χ4v) is 3.73. The lowest BCUT2D eigenvalue weighted by Crippen LogP contribution is -2.27. The largest absolute Gasteiger partial charge is 0.365 e. The van der Waals surface area contributed by atoms with Gasteiger partial charge in [-0.25, -0.2) is 4.98 Å². The maximum absolute atomic E-state index is 4.95. The zero-order valence-corrected chi connectivity index (χ0v) is 17.4. The number of rotatable bonds is 3. The predicted molar refractivity (Wildman–Crippen MR) is 125 cm³/mol. The molecule has 0 aliphatic rings. The molecule has 0 atom stereocenters. The third-order valence-electron chi connectivity index (χ3n) is 5.09. The number of benzene rings is 3. The Balaban J connectivity index is 1.73. The van der Waals surface area contributed by atoms with Gasteiger partial charge in [0.2, 0.25) is 0 Å². The van der Waals surface area contributed by atoms with Crippen molar-refractivity contribution < 1.29 is 0 Å². The summed E-state index contributed by atoms with van der Waals surface area (Å²) in [6, 6.07) is 25.1. The highest BCUT2D eigenvalue weighted by atomic mass is 15.2. The third kappa shape index (κ3) is 3.41. The van der Waals surface area contributed by atoms with Gasteiger partial charge in [0, 0.05) is 22.9 Å². The van der Waals surface area contributed by atoms with Crippen molar-refractivity contribution in [2.24, 2.45) is 0 Å². The lowest BCUT2D eigenvalue weighted by Gasteiger charge is -2.22. The van der Waals surface area contributed by atoms with Crippen LogP contribution in [0.4, 0.5) is 5.82 Å². The molecule has 0 saturated carbocycles. The monoisotopic (exact) mass is 392 g/mol. The van der Waals surface area contributed by atoms with Crippen molar-refractivity contribution in [1.29, 1.82) is 0 Å². The van der Waals surface area contributed by atoms with Gasteiger partial charge in [-0.3, -0.25) is 9.38 Å². The van der Waals surface area contributed by atoms with Crippen LogP contribution in [0, 0.1) is 0 Å². The second kappa shape index (κ2) is 6.99. The number of aromatic nitrogens is 3. The van der Waals surface area contributed by atoms with Crippen molar-refractivity contribution in [3.05, 3.63) is 85.2 Å². The first-order valence-corrected chi connectivity index (χ1v) is 10.2. The van der Waals surface area contributed by atoms with Crippen LogP contribution in [0.25, 0.3) is 38.9 Å². The molecule has 0 aliphatic carbocycles. The molecule has 0 fully saturated rings. The maximum Gasteiger partial charge on any atom is 0.157 e. The van der Waals surface area contributed by atoms with Gasteiger partial charge in [0.25, 0.3) is 0 Å². The van der Waals surface area contributed by atoms with Crippen molar-refractivity contribution in [1.82, 2.24) is 14.4 Å². The summed E-state index contributed by atoms with van der Waals surface area (Å²) in [5.74, 6) is 0.979. The van der Waals surface area contributed by atoms with Crippen molar-refractivity contribution in [2.45, 2.75) is 26.3 Å². The highest BCUT2D eigenvalue weighted by Gasteiger charge is 2.20. The standard InChI is InChI=1S/C26H24N4/c1-26(2,3)29-25-24(21-14-13-18-9-7-8-12-20(18)15-21)28-23-16-27-22(17-30(23)25)19-10-5-4-6-11-19/h4-17,29H,1-3H3. The van der Waals surface area contributed by atoms with E-state index < -0.39 is 0 Å². The molecular weight excluding hydrogens is 368 g/mol. The quantitative estimate of drug-likeness (QED) is 0.385. The molecule has 3 aromatic carbocycles. The molecule has 0 spiro atoms. The molecular formula is C26H24N4. The van der Waals surface area contributed by atoms with Crippen molar-refractivity contribution in [3.8, 4) is 22.5 Å². The van der Waals surface area contributed by atoms with Crippen LogP contribution in [0.15, 0.2) is 85.2 Å². The molecule has 5 aromatic rings. The molecule has 0 radical (unpaired) electrons. The zero-order valence-electron chi connectivity index (χ0n) is 17.4. The summed E-state index contributed by atoms with van der Waals surface area (Å²) in [5, 5.41) is 6.10. The highest BCUT2D eigenvalue weighted by Crippen LogP contribution is 2.33. The minimum absolute atomic E-state index is 0.113. The highest BCUT2D eigenvalue weighted by molar-refractivity contribution is 5.89. The summed E-state index contributed by atoms with van der Waals surface area (Å²) < 4.78 is 2.12. The van der Waals surface area contributed by atoms with Gasteiger partial charge in [0.05, 0.1) is 11.9 Å². The first kappa shape index (κ1) is 18.4. The fourth-order valence-electron chi connectivity index (χ4n) is 3.73. The summed E-state index contributed by atoms with van der Waals surface area (Å²) >= 11 is 0. The Bertz CT molecular complexity index is 1340. The SMILES string of the molecule is CC(C)(C)Nc1c(-c2ccc3ccccc3c2)nc2cnc(-c3ccccc3)cn12. The Morgan fingerprint density at radius 2 is 1.53 bits per heavy atom. The van der Waals surface area contributed by atoms with E-state index in [0.717, 1.165) is 34.0 Å². The zero-order chi connectivity index (χ0) is 20.7. The minimum Gasteiger partial charge on any atom is -0.365 e. The average molecular weight is 393 g/mol. The molecule has 0 unspecified atom stereocenters. The van der Waals surface area contributed by atoms with Crippen LogP contribution in [0.1, 0.15) is 20.8 Å². The molecule has 0 saturated heterocycles. The van der Waals surface area contributed by atoms with Gasteiger partial charge in [0.1, 0.15) is 11.5 Å². The Labute approximate surface area is 176 Å². The number of imidazole rings is 1. The van der Waals surface area contributed by atoms with Crippen LogP contribution < -0.4 is 5.32 Å². The van der Waals surface area contributed by atoms with E-state index in [0.29, 0.717) is 0 Å². The second-order valence-corrected chi connectivity index (χ2v) is 8.61. The molecule has 0 bridgehead atoms. The summed E-state index contributed by atoms with van der Waals surface area (Å²) in [4.78, 5) is 9.61. The Morgan fingerprint density at radius 3 is 2.30 bits per heavy atom. The summed E-state index contributed by atoms with van der Waals surface area (Å²) in [5.41, 5.74) is 4.74. The first-order chi connectivity index (χ1) is 14.5. The average Bonchev–Trinajstić information content (AvgIpc) is 3.10. The lowest BCUT2D eigenvalue weighted by molar-refractivity contribution is 0.629. The molecule has 148 valence electrons. The normalized spacial score (nSPS) is 11.8. The Hall–Kier alpha value is -3.66. The lowest BCUT2D eigenvalue weighted by atomic mass is 10.0. The van der Waals surface area contributed by atoms with Gasteiger partial charge < -0.3 is 5.32 Å². The number of hydrogen-bond acceptors (Lipinski definition) is 3. The fraction of sp³-hybridized carbons (Fsp3) is 0.154. The van der Waals surface area contributed by atoms with Gasteiger partial charge in [-0.2, -0.15) is 0 Å². The molecule has 2 aromatic heterocycles. The van der Waals surface area contributed by atoms with E-state index in [9.17, 15) is 0 Å². The van der Waals surface area contributed by atoms with Gasteiger partial charge in [-0.1, -0.05) is 66.7 Å². The van der Waals surface area contributed by atoms with E-state index in [2.05, 4.69) is 96.3 Å². The van der Waals surface area contributed by atoms with E-state index in [1.54, 1.807) is 0 Å². The van der Waals surface area contributed by atoms with Crippen LogP contribution in [-0.4, -0.2) is 19.9 Å². The van der Waals surface area contributed by atoms with Crippen LogP contribution in [-0.2, 0) is 0 Å². The smallest absolute Gasteiger partial charge is 0.157 e. The number of anilines is 1. The van der Waals surface area contributed by atoms with Gasteiger partial charge in [-0.15, -0.1) is 0 Å². The van der Waals surface area contributed by atoms with Crippen molar-refractivity contribution >= 4 is 22.2 Å². The maximum atomic E-state index is 4.95. The Morgan fingerprint density at radius 1 is 0.800 bits per heavy atom. The van der Waals surface area contributed by atoms with Gasteiger partial charge >= 0.3 is 0 Å². The number of hydrogen-bond donors (Lipinski definition) is 1. The first-order valence-electron chi connectivity index (χ1n) is 10.2. The van der Waals surface area contributed by atoms with E-state index >= 15 is 0 Å². The summed E-state index contributed by atoms with van der Waals surface area (Å²) in [6.45, 7) is 6.49. The number of nitrogens with zero attached hydrogens (tertiary/aromatic N) is 3. The van der Waals surface area contributed by atoms with E-state index in [-0.39, 0.29) is 5.54 Å². The summed E-state index contributed by atoms with van der Waals surface area (Å²) in [6.07, 6.45) is 3.91. The number of fused-ring (bicyclic) bond motifs is 2. The van der Waals surface area contributed by atoms with E-state index in [4.69, 9.17) is 4.98 Å². The summed E-state index contributed by atoms with van der Waals surface area (Å²) in [7, 11) is 0. The predicted octanol–water partition coefficient (Wildman–Crippen LogP) is 6.43. The molecule has 30 heavy (non-hydrogen) atoms. The molecule has 1 N–H and O–H groups in total. The van der Waals surface area contributed by atoms with Gasteiger partial charge in [-0.05, 0) is 37.6 Å². The van der Waals surface area contributed by atoms with Crippen LogP contribution >= 0.6 is 0 Å². The Kier molecular flexibility index (Phi) is 4.28.